The Morgan fingerprint density at radius 1 is 1.30 bits per heavy atom. The fourth-order valence-corrected chi connectivity index (χ4v) is 3.75. The van der Waals surface area contributed by atoms with E-state index in [1.165, 1.54) is 23.5 Å². The molecule has 0 radical (unpaired) electrons. The molecular weight excluding hydrogens is 388 g/mol. The van der Waals surface area contributed by atoms with Crippen molar-refractivity contribution in [3.8, 4) is 5.75 Å². The summed E-state index contributed by atoms with van der Waals surface area (Å²) in [4.78, 5) is 28.0. The minimum absolute atomic E-state index is 0.253. The predicted octanol–water partition coefficient (Wildman–Crippen LogP) is 4.38. The Kier molecular flexibility index (Phi) is 4.55. The number of thiazole rings is 1. The minimum Gasteiger partial charge on any atom is -0.482 e. The number of amides is 1. The molecule has 4 aromatic rings. The summed E-state index contributed by atoms with van der Waals surface area (Å²) in [7, 11) is 0. The van der Waals surface area contributed by atoms with Gasteiger partial charge in [0.05, 0.1) is 15.2 Å². The van der Waals surface area contributed by atoms with Crippen LogP contribution in [0.15, 0.2) is 51.7 Å². The van der Waals surface area contributed by atoms with Crippen molar-refractivity contribution < 1.29 is 13.9 Å². The van der Waals surface area contributed by atoms with Crippen LogP contribution >= 0.6 is 22.9 Å². The summed E-state index contributed by atoms with van der Waals surface area (Å²) in [5.41, 5.74) is 1.47. The van der Waals surface area contributed by atoms with Gasteiger partial charge in [0.25, 0.3) is 5.91 Å². The van der Waals surface area contributed by atoms with Crippen molar-refractivity contribution in [2.45, 2.75) is 6.92 Å². The first-order chi connectivity index (χ1) is 13.0. The second-order valence-electron chi connectivity index (χ2n) is 5.85. The molecule has 2 aromatic heterocycles. The van der Waals surface area contributed by atoms with Crippen LogP contribution in [0.25, 0.3) is 21.2 Å². The number of aromatic nitrogens is 1. The van der Waals surface area contributed by atoms with E-state index >= 15 is 0 Å². The van der Waals surface area contributed by atoms with Crippen LogP contribution in [0.4, 0.5) is 5.13 Å². The van der Waals surface area contributed by atoms with Gasteiger partial charge < -0.3 is 9.15 Å². The van der Waals surface area contributed by atoms with Gasteiger partial charge in [-0.15, -0.1) is 0 Å². The maximum absolute atomic E-state index is 12.2. The lowest BCUT2D eigenvalue weighted by Crippen LogP contribution is -2.20. The minimum atomic E-state index is -0.457. The maximum Gasteiger partial charge on any atom is 0.336 e. The molecule has 0 unspecified atom stereocenters. The zero-order chi connectivity index (χ0) is 19.0. The third-order valence-electron chi connectivity index (χ3n) is 3.90. The van der Waals surface area contributed by atoms with Gasteiger partial charge in [-0.3, -0.25) is 10.1 Å². The van der Waals surface area contributed by atoms with Crippen molar-refractivity contribution in [2.75, 3.05) is 11.9 Å². The van der Waals surface area contributed by atoms with E-state index in [2.05, 4.69) is 10.3 Å². The standard InChI is InChI=1S/C19H13ClN2O4S/c1-10-6-18(24)26-14-8-15(12(20)7-11(10)14)25-9-17(23)22-19-21-13-4-2-3-5-16(13)27-19/h2-8H,9H2,1H3,(H,21,22,23). The van der Waals surface area contributed by atoms with Crippen molar-refractivity contribution in [3.63, 3.8) is 0 Å². The molecule has 1 N–H and O–H groups in total. The number of fused-ring (bicyclic) bond motifs is 2. The fourth-order valence-electron chi connectivity index (χ4n) is 2.65. The average molecular weight is 401 g/mol. The number of para-hydroxylation sites is 1. The first kappa shape index (κ1) is 17.5. The summed E-state index contributed by atoms with van der Waals surface area (Å²) >= 11 is 7.61. The van der Waals surface area contributed by atoms with Crippen LogP contribution in [0, 0.1) is 6.92 Å². The second-order valence-corrected chi connectivity index (χ2v) is 7.29. The van der Waals surface area contributed by atoms with Gasteiger partial charge in [0.2, 0.25) is 0 Å². The van der Waals surface area contributed by atoms with E-state index in [9.17, 15) is 9.59 Å². The number of hydrogen-bond acceptors (Lipinski definition) is 6. The highest BCUT2D eigenvalue weighted by Gasteiger charge is 2.12. The van der Waals surface area contributed by atoms with Gasteiger partial charge in [0.1, 0.15) is 11.3 Å². The lowest BCUT2D eigenvalue weighted by atomic mass is 10.1. The summed E-state index contributed by atoms with van der Waals surface area (Å²) in [6, 6.07) is 12.2. The number of carbonyl (C=O) groups is 1. The summed E-state index contributed by atoms with van der Waals surface area (Å²) in [5.74, 6) is -0.103. The van der Waals surface area contributed by atoms with Gasteiger partial charge in [0, 0.05) is 17.5 Å². The molecular formula is C19H13ClN2O4S. The second kappa shape index (κ2) is 7.02. The van der Waals surface area contributed by atoms with Crippen LogP contribution in [0.3, 0.4) is 0 Å². The monoisotopic (exact) mass is 400 g/mol. The number of nitrogens with one attached hydrogen (secondary N) is 1. The number of carbonyl (C=O) groups excluding carboxylic acids is 1. The van der Waals surface area contributed by atoms with E-state index in [0.717, 1.165) is 15.8 Å². The highest BCUT2D eigenvalue weighted by molar-refractivity contribution is 7.22. The highest BCUT2D eigenvalue weighted by Crippen LogP contribution is 2.31. The molecule has 0 spiro atoms. The summed E-state index contributed by atoms with van der Waals surface area (Å²) < 4.78 is 11.7. The molecule has 0 aliphatic carbocycles. The molecule has 0 aliphatic heterocycles. The fraction of sp³-hybridized carbons (Fsp3) is 0.105. The van der Waals surface area contributed by atoms with E-state index < -0.39 is 5.63 Å². The average Bonchev–Trinajstić information content (AvgIpc) is 3.03. The van der Waals surface area contributed by atoms with Crippen molar-refractivity contribution in [3.05, 3.63) is 63.5 Å². The summed E-state index contributed by atoms with van der Waals surface area (Å²) in [6.07, 6.45) is 0. The maximum atomic E-state index is 12.2. The van der Waals surface area contributed by atoms with E-state index in [1.54, 1.807) is 13.0 Å². The third-order valence-corrected chi connectivity index (χ3v) is 5.15. The van der Waals surface area contributed by atoms with Crippen molar-refractivity contribution in [1.29, 1.82) is 0 Å². The lowest BCUT2D eigenvalue weighted by molar-refractivity contribution is -0.118. The quantitative estimate of drug-likeness (QED) is 0.514. The Morgan fingerprint density at radius 2 is 2.11 bits per heavy atom. The smallest absolute Gasteiger partial charge is 0.336 e. The van der Waals surface area contributed by atoms with Gasteiger partial charge >= 0.3 is 5.63 Å². The Balaban J connectivity index is 1.49. The molecule has 2 heterocycles. The molecule has 2 aromatic carbocycles. The number of anilines is 1. The molecule has 6 nitrogen and oxygen atoms in total. The Hall–Kier alpha value is -2.90. The van der Waals surface area contributed by atoms with E-state index in [-0.39, 0.29) is 18.3 Å². The highest BCUT2D eigenvalue weighted by atomic mass is 35.5. The zero-order valence-electron chi connectivity index (χ0n) is 14.1. The van der Waals surface area contributed by atoms with Crippen LogP contribution in [0.2, 0.25) is 5.02 Å². The molecule has 8 heteroatoms. The van der Waals surface area contributed by atoms with E-state index in [1.807, 2.05) is 24.3 Å². The van der Waals surface area contributed by atoms with Gasteiger partial charge in [-0.1, -0.05) is 35.1 Å². The predicted molar refractivity (Wildman–Crippen MR) is 106 cm³/mol. The van der Waals surface area contributed by atoms with Gasteiger partial charge in [0.15, 0.2) is 11.7 Å². The van der Waals surface area contributed by atoms with Crippen LogP contribution in [-0.4, -0.2) is 17.5 Å². The van der Waals surface area contributed by atoms with Gasteiger partial charge in [-0.05, 0) is 30.7 Å². The number of benzene rings is 2. The molecule has 0 saturated carbocycles. The molecule has 136 valence electrons. The molecule has 4 rings (SSSR count). The molecule has 0 aliphatic rings. The normalized spacial score (nSPS) is 11.0. The van der Waals surface area contributed by atoms with Crippen LogP contribution in [-0.2, 0) is 4.79 Å². The molecule has 0 saturated heterocycles. The molecule has 0 fully saturated rings. The SMILES string of the molecule is Cc1cc(=O)oc2cc(OCC(=O)Nc3nc4ccccc4s3)c(Cl)cc12. The molecule has 0 atom stereocenters. The third kappa shape index (κ3) is 3.65. The number of halogens is 1. The largest absolute Gasteiger partial charge is 0.482 e. The molecule has 0 bridgehead atoms. The molecule has 27 heavy (non-hydrogen) atoms. The number of ether oxygens (including phenoxy) is 1. The van der Waals surface area contributed by atoms with E-state index in [0.29, 0.717) is 21.1 Å². The first-order valence-corrected chi connectivity index (χ1v) is 9.21. The number of aryl methyl sites for hydroxylation is 1. The van der Waals surface area contributed by atoms with Crippen LogP contribution in [0.5, 0.6) is 5.75 Å². The number of hydrogen-bond donors (Lipinski definition) is 1. The van der Waals surface area contributed by atoms with Crippen LogP contribution < -0.4 is 15.7 Å². The van der Waals surface area contributed by atoms with Crippen LogP contribution in [0.1, 0.15) is 5.56 Å². The van der Waals surface area contributed by atoms with Crippen molar-refractivity contribution in [1.82, 2.24) is 4.98 Å². The first-order valence-electron chi connectivity index (χ1n) is 8.02. The number of rotatable bonds is 4. The Labute approximate surface area is 162 Å². The number of nitrogens with zero attached hydrogens (tertiary/aromatic N) is 1. The summed E-state index contributed by atoms with van der Waals surface area (Å²) in [5, 5.41) is 4.24. The van der Waals surface area contributed by atoms with Crippen molar-refractivity contribution in [2.24, 2.45) is 0 Å². The lowest BCUT2D eigenvalue weighted by Gasteiger charge is -2.09. The Morgan fingerprint density at radius 3 is 2.93 bits per heavy atom. The summed E-state index contributed by atoms with van der Waals surface area (Å²) in [6.45, 7) is 1.54. The van der Waals surface area contributed by atoms with Gasteiger partial charge in [-0.2, -0.15) is 0 Å². The van der Waals surface area contributed by atoms with Gasteiger partial charge in [-0.25, -0.2) is 9.78 Å². The topological polar surface area (TPSA) is 81.4 Å². The van der Waals surface area contributed by atoms with E-state index in [4.69, 9.17) is 20.8 Å². The van der Waals surface area contributed by atoms with Crippen molar-refractivity contribution >= 4 is 55.2 Å². The molecule has 1 amide bonds. The zero-order valence-corrected chi connectivity index (χ0v) is 15.7. The Bertz CT molecular complexity index is 1200.